The summed E-state index contributed by atoms with van der Waals surface area (Å²) in [4.78, 5) is 30.6. The second-order valence-electron chi connectivity index (χ2n) is 0.916. The van der Waals surface area contributed by atoms with Crippen molar-refractivity contribution in [3.8, 4) is 0 Å². The van der Waals surface area contributed by atoms with Crippen LogP contribution in [0.4, 0.5) is 4.79 Å². The van der Waals surface area contributed by atoms with Gasteiger partial charge in [0.15, 0.2) is 0 Å². The average molecular weight is 197 g/mol. The summed E-state index contributed by atoms with van der Waals surface area (Å²) >= 11 is 0. The quantitative estimate of drug-likeness (QED) is 0.219. The van der Waals surface area contributed by atoms with Crippen molar-refractivity contribution in [2.75, 3.05) is 0 Å². The summed E-state index contributed by atoms with van der Waals surface area (Å²) in [7, 11) is -4.64. The normalized spacial score (nSPS) is 8.30. The Morgan fingerprint density at radius 3 is 1.20 bits per heavy atom. The Labute approximate surface area is 99.4 Å². The van der Waals surface area contributed by atoms with Gasteiger partial charge in [0, 0.05) is 51.4 Å². The first-order valence-corrected chi connectivity index (χ1v) is 3.13. The van der Waals surface area contributed by atoms with E-state index in [1.165, 1.54) is 0 Å². The van der Waals surface area contributed by atoms with Gasteiger partial charge in [-0.1, -0.05) is 0 Å². The Bertz CT molecular complexity index is 119. The maximum atomic E-state index is 9.00. The molecule has 0 rings (SSSR count). The third kappa shape index (κ3) is 561. The molecular weight excluding hydrogens is 190 g/mol. The Morgan fingerprint density at radius 2 is 1.20 bits per heavy atom. The molecule has 57 valence electrons. The van der Waals surface area contributed by atoms with E-state index in [4.69, 9.17) is 24.0 Å². The van der Waals surface area contributed by atoms with E-state index in [9.17, 15) is 0 Å². The molecule has 0 saturated heterocycles. The fourth-order valence-corrected chi connectivity index (χ4v) is 0. The predicted octanol–water partition coefficient (Wildman–Crippen LogP) is -2.29. The maximum absolute atomic E-state index is 9.00. The zero-order valence-electron chi connectivity index (χ0n) is 5.26. The van der Waals surface area contributed by atoms with Gasteiger partial charge in [0.1, 0.15) is 0 Å². The number of carbonyl (C=O) groups excluding carboxylic acids is 1. The standard InChI is InChI=1S/CH4N2O.K.H3O4P/c2-1(3)4;;1-5(2,3)4/h(H4,2,3,4);;(H3,1,2,3,4). The molecule has 0 aliphatic carbocycles. The van der Waals surface area contributed by atoms with E-state index in [1.54, 1.807) is 0 Å². The summed E-state index contributed by atoms with van der Waals surface area (Å²) in [5, 5.41) is 0. The summed E-state index contributed by atoms with van der Waals surface area (Å²) in [6, 6.07) is -0.833. The van der Waals surface area contributed by atoms with Crippen LogP contribution in [0.3, 0.4) is 0 Å². The molecule has 0 saturated carbocycles. The second-order valence-corrected chi connectivity index (χ2v) is 1.94. The van der Waals surface area contributed by atoms with Crippen molar-refractivity contribution in [1.29, 1.82) is 0 Å². The number of nitrogens with two attached hydrogens (primary N) is 2. The van der Waals surface area contributed by atoms with Crippen molar-refractivity contribution in [3.05, 3.63) is 0 Å². The van der Waals surface area contributed by atoms with Crippen molar-refractivity contribution in [3.63, 3.8) is 0 Å². The van der Waals surface area contributed by atoms with Crippen molar-refractivity contribution in [2.45, 2.75) is 0 Å². The number of urea groups is 1. The van der Waals surface area contributed by atoms with Crippen LogP contribution in [-0.2, 0) is 4.57 Å². The largest absolute Gasteiger partial charge is 0.466 e. The molecule has 0 aromatic carbocycles. The van der Waals surface area contributed by atoms with Crippen LogP contribution in [-0.4, -0.2) is 72.1 Å². The van der Waals surface area contributed by atoms with Crippen molar-refractivity contribution < 1.29 is 24.0 Å². The van der Waals surface area contributed by atoms with Gasteiger partial charge in [-0.2, -0.15) is 0 Å². The minimum absolute atomic E-state index is 0. The van der Waals surface area contributed by atoms with Crippen LogP contribution in [0.5, 0.6) is 0 Å². The van der Waals surface area contributed by atoms with Crippen LogP contribution in [0.25, 0.3) is 0 Å². The number of primary amides is 2. The minimum Gasteiger partial charge on any atom is -0.352 e. The number of hydrogen-bond donors (Lipinski definition) is 5. The summed E-state index contributed by atoms with van der Waals surface area (Å²) in [6.45, 7) is 0. The van der Waals surface area contributed by atoms with E-state index in [-0.39, 0.29) is 51.4 Å². The Kier molecular flexibility index (Phi) is 14.0. The van der Waals surface area contributed by atoms with E-state index < -0.39 is 13.9 Å². The molecule has 10 heavy (non-hydrogen) atoms. The molecule has 7 nitrogen and oxygen atoms in total. The Morgan fingerprint density at radius 1 is 1.20 bits per heavy atom. The molecular formula is CH7KN2O5P. The molecule has 0 aromatic heterocycles. The summed E-state index contributed by atoms with van der Waals surface area (Å²) in [5.74, 6) is 0. The van der Waals surface area contributed by atoms with E-state index in [0.717, 1.165) is 0 Å². The van der Waals surface area contributed by atoms with Crippen LogP contribution in [0.1, 0.15) is 0 Å². The minimum atomic E-state index is -4.64. The first-order chi connectivity index (χ1) is 3.73. The fraction of sp³-hybridized carbons (Fsp3) is 0. The first-order valence-electron chi connectivity index (χ1n) is 1.56. The van der Waals surface area contributed by atoms with Gasteiger partial charge in [0.05, 0.1) is 0 Å². The monoisotopic (exact) mass is 197 g/mol. The van der Waals surface area contributed by atoms with E-state index in [0.29, 0.717) is 0 Å². The topological polar surface area (TPSA) is 147 Å². The molecule has 0 aliphatic rings. The molecule has 7 N–H and O–H groups in total. The number of rotatable bonds is 0. The molecule has 0 heterocycles. The summed E-state index contributed by atoms with van der Waals surface area (Å²) in [6.07, 6.45) is 0. The summed E-state index contributed by atoms with van der Waals surface area (Å²) < 4.78 is 8.88. The molecule has 1 radical (unpaired) electrons. The van der Waals surface area contributed by atoms with Crippen LogP contribution in [0.15, 0.2) is 0 Å². The van der Waals surface area contributed by atoms with Gasteiger partial charge in [-0.25, -0.2) is 9.36 Å². The zero-order chi connectivity index (χ0) is 8.08. The molecule has 0 atom stereocenters. The molecule has 0 unspecified atom stereocenters. The number of phosphoric acid groups is 1. The fourth-order valence-electron chi connectivity index (χ4n) is 0. The van der Waals surface area contributed by atoms with Gasteiger partial charge in [-0.05, 0) is 0 Å². The van der Waals surface area contributed by atoms with Gasteiger partial charge >= 0.3 is 13.9 Å². The molecule has 0 aliphatic heterocycles. The van der Waals surface area contributed by atoms with Crippen LogP contribution in [0.2, 0.25) is 0 Å². The zero-order valence-corrected chi connectivity index (χ0v) is 9.28. The molecule has 2 amide bonds. The van der Waals surface area contributed by atoms with E-state index in [1.807, 2.05) is 0 Å². The molecule has 0 fully saturated rings. The Hall–Kier alpha value is 1.02. The van der Waals surface area contributed by atoms with Crippen LogP contribution < -0.4 is 11.5 Å². The number of carbonyl (C=O) groups is 1. The van der Waals surface area contributed by atoms with Gasteiger partial charge in [-0.15, -0.1) is 0 Å². The average Bonchev–Trinajstić information content (AvgIpc) is 1.19. The SMILES string of the molecule is NC(N)=O.O=P(O)(O)O.[K]. The van der Waals surface area contributed by atoms with Crippen molar-refractivity contribution in [2.24, 2.45) is 11.5 Å². The third-order valence-corrected chi connectivity index (χ3v) is 0. The second kappa shape index (κ2) is 8.12. The smallest absolute Gasteiger partial charge is 0.352 e. The maximum Gasteiger partial charge on any atom is 0.466 e. The van der Waals surface area contributed by atoms with Crippen LogP contribution >= 0.6 is 7.82 Å². The third-order valence-electron chi connectivity index (χ3n) is 0. The summed E-state index contributed by atoms with van der Waals surface area (Å²) in [5.41, 5.74) is 8.50. The first kappa shape index (κ1) is 17.2. The van der Waals surface area contributed by atoms with Gasteiger partial charge < -0.3 is 26.1 Å². The van der Waals surface area contributed by atoms with E-state index >= 15 is 0 Å². The van der Waals surface area contributed by atoms with Gasteiger partial charge in [0.25, 0.3) is 0 Å². The molecule has 0 aromatic rings. The number of amides is 2. The number of hydrogen-bond acceptors (Lipinski definition) is 2. The Balaban J connectivity index is -0.0000000910. The molecule has 9 heteroatoms. The van der Waals surface area contributed by atoms with E-state index in [2.05, 4.69) is 11.5 Å². The van der Waals surface area contributed by atoms with Crippen molar-refractivity contribution >= 4 is 65.2 Å². The molecule has 0 spiro atoms. The van der Waals surface area contributed by atoms with Gasteiger partial charge in [0.2, 0.25) is 0 Å². The predicted molar refractivity (Wildman–Crippen MR) is 33.8 cm³/mol. The van der Waals surface area contributed by atoms with Crippen LogP contribution in [0, 0.1) is 0 Å². The van der Waals surface area contributed by atoms with Crippen molar-refractivity contribution in [1.82, 2.24) is 0 Å². The molecule has 0 bridgehead atoms. The van der Waals surface area contributed by atoms with Gasteiger partial charge in [-0.3, -0.25) is 0 Å².